The first-order chi connectivity index (χ1) is 11.6. The van der Waals surface area contributed by atoms with E-state index in [1.807, 2.05) is 35.9 Å². The van der Waals surface area contributed by atoms with Crippen LogP contribution in [0.25, 0.3) is 22.1 Å². The number of aromatic nitrogens is 4. The minimum absolute atomic E-state index is 0.314. The molecule has 24 heavy (non-hydrogen) atoms. The third-order valence-corrected chi connectivity index (χ3v) is 5.24. The summed E-state index contributed by atoms with van der Waals surface area (Å²) in [7, 11) is 1.95. The number of fused-ring (bicyclic) bond motifs is 3. The van der Waals surface area contributed by atoms with Gasteiger partial charge in [0.1, 0.15) is 11.3 Å². The summed E-state index contributed by atoms with van der Waals surface area (Å²) < 4.78 is 8.81. The Morgan fingerprint density at radius 3 is 2.88 bits per heavy atom. The highest BCUT2D eigenvalue weighted by molar-refractivity contribution is 9.13. The Hall–Kier alpha value is -2.26. The zero-order chi connectivity index (χ0) is 16.7. The van der Waals surface area contributed by atoms with Crippen molar-refractivity contribution in [2.45, 2.75) is 0 Å². The van der Waals surface area contributed by atoms with E-state index >= 15 is 0 Å². The predicted molar refractivity (Wildman–Crippen MR) is 99.1 cm³/mol. The molecule has 1 N–H and O–H groups in total. The lowest BCUT2D eigenvalue weighted by Crippen LogP contribution is -2.00. The van der Waals surface area contributed by atoms with Crippen LogP contribution in [0.15, 0.2) is 49.0 Å². The summed E-state index contributed by atoms with van der Waals surface area (Å²) in [6, 6.07) is 9.78. The van der Waals surface area contributed by atoms with Crippen LogP contribution in [0, 0.1) is 0 Å². The first-order valence-electron chi connectivity index (χ1n) is 6.95. The Labute approximate surface area is 153 Å². The molecule has 9 heteroatoms. The van der Waals surface area contributed by atoms with Gasteiger partial charge in [0.05, 0.1) is 16.2 Å². The number of benzene rings is 1. The largest absolute Gasteiger partial charge is 0.447 e. The highest BCUT2D eigenvalue weighted by Crippen LogP contribution is 2.26. The first kappa shape index (κ1) is 15.3. The lowest BCUT2D eigenvalue weighted by Gasteiger charge is -1.99. The van der Waals surface area contributed by atoms with E-state index in [4.69, 9.17) is 4.42 Å². The third kappa shape index (κ3) is 2.59. The maximum atomic E-state index is 5.40. The van der Waals surface area contributed by atoms with Gasteiger partial charge in [0.2, 0.25) is 0 Å². The average Bonchev–Trinajstić information content (AvgIpc) is 3.06. The van der Waals surface area contributed by atoms with Crippen LogP contribution >= 0.6 is 31.9 Å². The molecule has 1 aromatic carbocycles. The number of halogens is 2. The number of hydrogen-bond donors (Lipinski definition) is 1. The second-order valence-electron chi connectivity index (χ2n) is 5.02. The van der Waals surface area contributed by atoms with E-state index in [2.05, 4.69) is 57.6 Å². The number of hydrogen-bond acceptors (Lipinski definition) is 6. The Balaban J connectivity index is 1.65. The molecule has 0 saturated carbocycles. The summed E-state index contributed by atoms with van der Waals surface area (Å²) in [4.78, 5) is 4.48. The number of nitrogens with zero attached hydrogens (tertiary/aromatic N) is 5. The highest BCUT2D eigenvalue weighted by Gasteiger charge is 2.11. The van der Waals surface area contributed by atoms with Crippen molar-refractivity contribution in [1.82, 2.24) is 19.7 Å². The van der Waals surface area contributed by atoms with Gasteiger partial charge in [-0.2, -0.15) is 10.1 Å². The summed E-state index contributed by atoms with van der Waals surface area (Å²) >= 11 is 6.62. The van der Waals surface area contributed by atoms with Gasteiger partial charge in [-0.15, -0.1) is 10.2 Å². The van der Waals surface area contributed by atoms with E-state index in [9.17, 15) is 0 Å². The molecule has 0 aliphatic rings. The topological polar surface area (TPSA) is 81.1 Å². The Bertz CT molecular complexity index is 1060. The van der Waals surface area contributed by atoms with Crippen molar-refractivity contribution in [2.75, 3.05) is 5.43 Å². The molecule has 0 saturated heterocycles. The van der Waals surface area contributed by atoms with Crippen molar-refractivity contribution < 1.29 is 4.42 Å². The first-order valence-corrected chi connectivity index (χ1v) is 8.54. The number of rotatable bonds is 3. The zero-order valence-corrected chi connectivity index (χ0v) is 15.5. The molecule has 120 valence electrons. The van der Waals surface area contributed by atoms with Crippen LogP contribution in [0.1, 0.15) is 5.76 Å². The molecule has 4 aromatic rings. The van der Waals surface area contributed by atoms with E-state index in [1.165, 1.54) is 6.21 Å². The molecule has 0 aliphatic carbocycles. The molecule has 3 aromatic heterocycles. The number of hydrazone groups is 1. The molecular weight excluding hydrogens is 440 g/mol. The molecule has 4 rings (SSSR count). The van der Waals surface area contributed by atoms with Crippen LogP contribution < -0.4 is 5.43 Å². The second-order valence-corrected chi connectivity index (χ2v) is 6.60. The number of para-hydroxylation sites is 1. The quantitative estimate of drug-likeness (QED) is 0.376. The molecule has 0 unspecified atom stereocenters. The van der Waals surface area contributed by atoms with E-state index < -0.39 is 0 Å². The summed E-state index contributed by atoms with van der Waals surface area (Å²) in [6.07, 6.45) is 1.53. The Kier molecular flexibility index (Phi) is 3.81. The van der Waals surface area contributed by atoms with Crippen LogP contribution in [0.4, 0.5) is 5.95 Å². The van der Waals surface area contributed by atoms with Crippen molar-refractivity contribution in [3.05, 3.63) is 45.2 Å². The van der Waals surface area contributed by atoms with Crippen LogP contribution in [-0.2, 0) is 7.05 Å². The lowest BCUT2D eigenvalue weighted by molar-refractivity contribution is 0.533. The van der Waals surface area contributed by atoms with Crippen molar-refractivity contribution >= 4 is 66.1 Å². The van der Waals surface area contributed by atoms with Crippen LogP contribution in [0.3, 0.4) is 0 Å². The summed E-state index contributed by atoms with van der Waals surface area (Å²) in [5.74, 6) is 0.897. The van der Waals surface area contributed by atoms with Crippen molar-refractivity contribution in [2.24, 2.45) is 12.1 Å². The standard InChI is InChI=1S/C15H10Br2N6O/c1-23-11-5-3-2-4-9(11)12-14(23)19-15(22-20-12)21-18-7-8-6-10(16)13(17)24-8/h2-7H,1H3,(H,19,21,22)/b18-7+. The Morgan fingerprint density at radius 2 is 2.08 bits per heavy atom. The lowest BCUT2D eigenvalue weighted by atomic mass is 10.2. The molecule has 0 radical (unpaired) electrons. The minimum Gasteiger partial charge on any atom is -0.447 e. The van der Waals surface area contributed by atoms with Gasteiger partial charge in [-0.05, 0) is 37.9 Å². The zero-order valence-electron chi connectivity index (χ0n) is 12.4. The van der Waals surface area contributed by atoms with Crippen molar-refractivity contribution in [1.29, 1.82) is 0 Å². The van der Waals surface area contributed by atoms with Gasteiger partial charge in [-0.1, -0.05) is 18.2 Å². The number of anilines is 1. The molecule has 0 aliphatic heterocycles. The van der Waals surface area contributed by atoms with Gasteiger partial charge >= 0.3 is 0 Å². The Morgan fingerprint density at radius 1 is 1.25 bits per heavy atom. The maximum absolute atomic E-state index is 5.40. The van der Waals surface area contributed by atoms with Gasteiger partial charge in [-0.3, -0.25) is 0 Å². The molecule has 0 bridgehead atoms. The van der Waals surface area contributed by atoms with E-state index in [-0.39, 0.29) is 0 Å². The molecular formula is C15H10Br2N6O. The summed E-state index contributed by atoms with van der Waals surface area (Å²) in [5.41, 5.74) is 5.33. The minimum atomic E-state index is 0.314. The molecule has 0 spiro atoms. The van der Waals surface area contributed by atoms with Crippen molar-refractivity contribution in [3.63, 3.8) is 0 Å². The number of aryl methyl sites for hydroxylation is 1. The summed E-state index contributed by atoms with van der Waals surface area (Å²) in [6.45, 7) is 0. The molecule has 7 nitrogen and oxygen atoms in total. The fraction of sp³-hybridized carbons (Fsp3) is 0.0667. The SMILES string of the molecule is Cn1c2ccccc2c2nnc(N/N=C/c3cc(Br)c(Br)o3)nc21. The molecule has 3 heterocycles. The highest BCUT2D eigenvalue weighted by atomic mass is 79.9. The summed E-state index contributed by atoms with van der Waals surface area (Å²) in [5, 5.41) is 13.4. The number of nitrogens with one attached hydrogen (secondary N) is 1. The number of furan rings is 1. The van der Waals surface area contributed by atoms with Gasteiger partial charge in [0, 0.05) is 18.5 Å². The third-order valence-electron chi connectivity index (χ3n) is 3.53. The average molecular weight is 450 g/mol. The predicted octanol–water partition coefficient (Wildman–Crippen LogP) is 4.08. The van der Waals surface area contributed by atoms with Gasteiger partial charge in [-0.25, -0.2) is 5.43 Å². The monoisotopic (exact) mass is 448 g/mol. The smallest absolute Gasteiger partial charge is 0.265 e. The van der Waals surface area contributed by atoms with Crippen LogP contribution in [0.2, 0.25) is 0 Å². The van der Waals surface area contributed by atoms with Crippen molar-refractivity contribution in [3.8, 4) is 0 Å². The van der Waals surface area contributed by atoms with E-state index in [1.54, 1.807) is 6.07 Å². The van der Waals surface area contributed by atoms with Gasteiger partial charge < -0.3 is 8.98 Å². The van der Waals surface area contributed by atoms with Crippen LogP contribution in [0.5, 0.6) is 0 Å². The second kappa shape index (κ2) is 5.99. The van der Waals surface area contributed by atoms with Gasteiger partial charge in [0.25, 0.3) is 5.95 Å². The van der Waals surface area contributed by atoms with E-state index in [0.717, 1.165) is 26.5 Å². The normalized spacial score (nSPS) is 11.8. The fourth-order valence-electron chi connectivity index (χ4n) is 2.43. The molecule has 0 fully saturated rings. The maximum Gasteiger partial charge on any atom is 0.265 e. The fourth-order valence-corrected chi connectivity index (χ4v) is 3.04. The van der Waals surface area contributed by atoms with Crippen LogP contribution in [-0.4, -0.2) is 26.0 Å². The molecule has 0 atom stereocenters. The van der Waals surface area contributed by atoms with Gasteiger partial charge in [0.15, 0.2) is 10.3 Å². The molecule has 0 amide bonds. The van der Waals surface area contributed by atoms with E-state index in [0.29, 0.717) is 16.4 Å².